The fourth-order valence-electron chi connectivity index (χ4n) is 4.68. The number of anilines is 1. The molecule has 12 heteroatoms. The first-order valence-electron chi connectivity index (χ1n) is 8.21. The summed E-state index contributed by atoms with van der Waals surface area (Å²) < 4.78 is 11.0. The molecule has 1 aromatic rings. The number of benzene rings is 1. The van der Waals surface area contributed by atoms with E-state index in [0.29, 0.717) is 0 Å². The number of ether oxygens (including phenoxy) is 2. The van der Waals surface area contributed by atoms with Crippen LogP contribution in [0.2, 0.25) is 0 Å². The summed E-state index contributed by atoms with van der Waals surface area (Å²) in [5.74, 6) is -5.68. The van der Waals surface area contributed by atoms with Crippen LogP contribution in [-0.4, -0.2) is 46.5 Å². The van der Waals surface area contributed by atoms with Crippen molar-refractivity contribution in [3.05, 3.63) is 44.4 Å². The van der Waals surface area contributed by atoms with Gasteiger partial charge in [0.2, 0.25) is 17.6 Å². The lowest BCUT2D eigenvalue weighted by Gasteiger charge is -2.42. The summed E-state index contributed by atoms with van der Waals surface area (Å²) in [7, 11) is 2.53. The van der Waals surface area contributed by atoms with Crippen molar-refractivity contribution < 1.29 is 24.0 Å². The van der Waals surface area contributed by atoms with E-state index in [1.807, 2.05) is 0 Å². The number of hydrogen-bond donors (Lipinski definition) is 0. The Hall–Kier alpha value is -1.42. The number of carbonyl (C=O) groups is 2. The Bertz CT molecular complexity index is 948. The zero-order valence-corrected chi connectivity index (χ0v) is 17.8. The minimum Gasteiger partial charge on any atom is -0.350 e. The quantitative estimate of drug-likeness (QED) is 0.215. The molecule has 2 bridgehead atoms. The molecule has 1 aliphatic heterocycles. The van der Waals surface area contributed by atoms with Crippen LogP contribution < -0.4 is 4.90 Å². The van der Waals surface area contributed by atoms with Gasteiger partial charge >= 0.3 is 0 Å². The molecule has 29 heavy (non-hydrogen) atoms. The van der Waals surface area contributed by atoms with Crippen LogP contribution in [0.15, 0.2) is 34.3 Å². The number of halogens is 4. The Morgan fingerprint density at radius 1 is 0.966 bits per heavy atom. The number of hydrogen-bond acceptors (Lipinski definition) is 6. The van der Waals surface area contributed by atoms with Crippen molar-refractivity contribution in [3.8, 4) is 0 Å². The molecule has 1 saturated heterocycles. The van der Waals surface area contributed by atoms with E-state index in [2.05, 4.69) is 0 Å². The van der Waals surface area contributed by atoms with Gasteiger partial charge in [0.15, 0.2) is 0 Å². The van der Waals surface area contributed by atoms with Gasteiger partial charge < -0.3 is 9.47 Å². The third kappa shape index (κ3) is 2.05. The second kappa shape index (κ2) is 6.29. The third-order valence-electron chi connectivity index (χ3n) is 5.85. The van der Waals surface area contributed by atoms with E-state index in [0.717, 1.165) is 4.90 Å². The molecular formula is C17H12Cl4N2O6. The molecule has 2 aliphatic carbocycles. The van der Waals surface area contributed by atoms with E-state index in [1.54, 1.807) is 0 Å². The lowest BCUT2D eigenvalue weighted by atomic mass is 9.84. The molecule has 0 N–H and O–H groups in total. The molecule has 4 atom stereocenters. The maximum absolute atomic E-state index is 13.3. The van der Waals surface area contributed by atoms with Gasteiger partial charge in [-0.2, -0.15) is 0 Å². The van der Waals surface area contributed by atoms with Crippen LogP contribution in [0, 0.1) is 22.0 Å². The highest BCUT2D eigenvalue weighted by Crippen LogP contribution is 2.75. The van der Waals surface area contributed by atoms with Crippen molar-refractivity contribution in [1.29, 1.82) is 0 Å². The molecule has 1 aromatic carbocycles. The Labute approximate surface area is 184 Å². The summed E-state index contributed by atoms with van der Waals surface area (Å²) in [5.41, 5.74) is -0.0612. The normalized spacial score (nSPS) is 34.9. The zero-order chi connectivity index (χ0) is 21.5. The van der Waals surface area contributed by atoms with Gasteiger partial charge in [-0.05, 0) is 12.1 Å². The van der Waals surface area contributed by atoms with Crippen molar-refractivity contribution in [1.82, 2.24) is 0 Å². The van der Waals surface area contributed by atoms with Crippen LogP contribution in [-0.2, 0) is 19.1 Å². The Balaban J connectivity index is 1.87. The fraction of sp³-hybridized carbons (Fsp3) is 0.412. The first-order valence-corrected chi connectivity index (χ1v) is 9.72. The van der Waals surface area contributed by atoms with E-state index in [9.17, 15) is 19.7 Å². The van der Waals surface area contributed by atoms with Crippen molar-refractivity contribution in [2.45, 2.75) is 15.5 Å². The van der Waals surface area contributed by atoms with Gasteiger partial charge in [0.25, 0.3) is 5.69 Å². The van der Waals surface area contributed by atoms with Crippen molar-refractivity contribution in [3.63, 3.8) is 0 Å². The monoisotopic (exact) mass is 480 g/mol. The van der Waals surface area contributed by atoms with E-state index in [-0.39, 0.29) is 21.4 Å². The number of imide groups is 1. The Kier molecular flexibility index (Phi) is 4.52. The number of nitrogens with zero attached hydrogens (tertiary/aromatic N) is 2. The molecule has 1 saturated carbocycles. The second-order valence-corrected chi connectivity index (χ2v) is 8.77. The predicted molar refractivity (Wildman–Crippen MR) is 105 cm³/mol. The number of carbonyl (C=O) groups excluding carboxylic acids is 2. The van der Waals surface area contributed by atoms with Gasteiger partial charge in [0.1, 0.15) is 9.75 Å². The number of nitro benzene ring substituents is 1. The summed E-state index contributed by atoms with van der Waals surface area (Å²) in [6.07, 6.45) is 0. The third-order valence-corrected chi connectivity index (χ3v) is 8.46. The minimum absolute atomic E-state index is 0.132. The molecule has 4 rings (SSSR count). The lowest BCUT2D eigenvalue weighted by Crippen LogP contribution is -2.60. The van der Waals surface area contributed by atoms with Crippen molar-refractivity contribution in [2.24, 2.45) is 11.8 Å². The fourth-order valence-corrected chi connectivity index (χ4v) is 6.84. The number of alkyl halides is 2. The van der Waals surface area contributed by atoms with E-state index in [4.69, 9.17) is 55.9 Å². The van der Waals surface area contributed by atoms with Crippen molar-refractivity contribution in [2.75, 3.05) is 19.1 Å². The van der Waals surface area contributed by atoms with Crippen LogP contribution >= 0.6 is 46.4 Å². The number of nitro groups is 1. The van der Waals surface area contributed by atoms with Gasteiger partial charge in [-0.3, -0.25) is 19.7 Å². The molecule has 0 unspecified atom stereocenters. The number of rotatable bonds is 4. The Morgan fingerprint density at radius 3 is 1.72 bits per heavy atom. The SMILES string of the molecule is COC1(OC)[C@@]2(Cl)C(Cl)=C(Cl)[C@@]1(Cl)[C@H]1C(=O)N(c3ccc([N+](=O)[O-])cc3)C(=O)[C@@H]12. The summed E-state index contributed by atoms with van der Waals surface area (Å²) >= 11 is 26.4. The molecule has 3 aliphatic rings. The van der Waals surface area contributed by atoms with Gasteiger partial charge in [-0.25, -0.2) is 4.90 Å². The first kappa shape index (κ1) is 20.8. The van der Waals surface area contributed by atoms with E-state index in [1.165, 1.54) is 38.5 Å². The van der Waals surface area contributed by atoms with E-state index >= 15 is 0 Å². The number of fused-ring (bicyclic) bond motifs is 5. The van der Waals surface area contributed by atoms with Crippen LogP contribution in [0.3, 0.4) is 0 Å². The molecule has 1 heterocycles. The summed E-state index contributed by atoms with van der Waals surface area (Å²) in [6, 6.07) is 4.93. The highest BCUT2D eigenvalue weighted by molar-refractivity contribution is 6.54. The average Bonchev–Trinajstić information content (AvgIpc) is 3.12. The van der Waals surface area contributed by atoms with Gasteiger partial charge in [-0.15, -0.1) is 23.2 Å². The summed E-state index contributed by atoms with van der Waals surface area (Å²) in [4.78, 5) is 34.1. The molecule has 0 aromatic heterocycles. The lowest BCUT2D eigenvalue weighted by molar-refractivity contribution is -0.384. The first-order chi connectivity index (χ1) is 13.5. The molecule has 2 fully saturated rings. The smallest absolute Gasteiger partial charge is 0.269 e. The minimum atomic E-state index is -1.86. The number of methoxy groups -OCH3 is 2. The molecule has 154 valence electrons. The Morgan fingerprint density at radius 2 is 1.38 bits per heavy atom. The summed E-state index contributed by atoms with van der Waals surface area (Å²) in [5, 5.41) is 10.6. The number of non-ortho nitro benzene ring substituents is 1. The molecule has 2 amide bonds. The van der Waals surface area contributed by atoms with Crippen LogP contribution in [0.5, 0.6) is 0 Å². The maximum Gasteiger partial charge on any atom is 0.269 e. The van der Waals surface area contributed by atoms with Crippen LogP contribution in [0.25, 0.3) is 0 Å². The highest BCUT2D eigenvalue weighted by Gasteiger charge is 2.89. The zero-order valence-electron chi connectivity index (χ0n) is 14.8. The average molecular weight is 482 g/mol. The highest BCUT2D eigenvalue weighted by atomic mass is 35.5. The summed E-state index contributed by atoms with van der Waals surface area (Å²) in [6.45, 7) is 0. The maximum atomic E-state index is 13.3. The van der Waals surface area contributed by atoms with Crippen LogP contribution in [0.1, 0.15) is 0 Å². The van der Waals surface area contributed by atoms with E-state index < -0.39 is 44.1 Å². The van der Waals surface area contributed by atoms with Gasteiger partial charge in [-0.1, -0.05) is 23.2 Å². The standard InChI is InChI=1S/C17H12Cl4N2O6/c1-28-17(29-2)15(20)9-10(16(17,21)12(19)11(15)18)14(25)22(13(9)24)7-3-5-8(6-4-7)23(26)27/h3-6,9-10H,1-2H3/t9-,10-,15+,16+/m1/s1. The number of amides is 2. The molecule has 0 spiro atoms. The van der Waals surface area contributed by atoms with Gasteiger partial charge in [0.05, 0.1) is 32.5 Å². The molecule has 0 radical (unpaired) electrons. The van der Waals surface area contributed by atoms with Gasteiger partial charge in [0, 0.05) is 26.4 Å². The molecule has 8 nitrogen and oxygen atoms in total. The van der Waals surface area contributed by atoms with Crippen LogP contribution in [0.4, 0.5) is 11.4 Å². The predicted octanol–water partition coefficient (Wildman–Crippen LogP) is 3.36. The van der Waals surface area contributed by atoms with Crippen molar-refractivity contribution >= 4 is 69.6 Å². The topological polar surface area (TPSA) is 99.0 Å². The molecular weight excluding hydrogens is 470 g/mol. The largest absolute Gasteiger partial charge is 0.350 e. The second-order valence-electron chi connectivity index (χ2n) is 6.82.